The Hall–Kier alpha value is -1.00. The van der Waals surface area contributed by atoms with Gasteiger partial charge in [0.1, 0.15) is 6.17 Å². The molecule has 1 fully saturated rings. The summed E-state index contributed by atoms with van der Waals surface area (Å²) < 4.78 is 0. The summed E-state index contributed by atoms with van der Waals surface area (Å²) in [5.41, 5.74) is 3.73. The van der Waals surface area contributed by atoms with Crippen LogP contribution in [0.1, 0.15) is 43.1 Å². The number of amides is 1. The van der Waals surface area contributed by atoms with Crippen molar-refractivity contribution in [3.8, 4) is 0 Å². The third kappa shape index (κ3) is 3.27. The van der Waals surface area contributed by atoms with Crippen LogP contribution in [-0.2, 0) is 4.79 Å². The first-order valence-electron chi connectivity index (χ1n) is 7.63. The van der Waals surface area contributed by atoms with Gasteiger partial charge in [-0.3, -0.25) is 10.1 Å². The molecule has 3 nitrogen and oxygen atoms in total. The second-order valence-corrected chi connectivity index (χ2v) is 6.85. The Balaban J connectivity index is 2.36. The summed E-state index contributed by atoms with van der Waals surface area (Å²) in [4.78, 5) is 14.7. The fourth-order valence-corrected chi connectivity index (χ4v) is 3.75. The summed E-state index contributed by atoms with van der Waals surface area (Å²) in [5.74, 6) is 1.20. The average molecular weight is 306 g/mol. The highest BCUT2D eigenvalue weighted by atomic mass is 32.2. The summed E-state index contributed by atoms with van der Waals surface area (Å²) in [6, 6.07) is 6.66. The largest absolute Gasteiger partial charge is 0.318 e. The van der Waals surface area contributed by atoms with Crippen molar-refractivity contribution in [1.29, 1.82) is 0 Å². The van der Waals surface area contributed by atoms with Gasteiger partial charge >= 0.3 is 0 Å². The molecule has 3 unspecified atom stereocenters. The standard InChI is InChI=1S/C17H26N2OS/c1-6-15-17(20)19(13(4)10-21-5)16(18-15)14-8-7-11(2)9-12(14)3/h7-9,13,15-16,18H,6,10H2,1-5H3. The van der Waals surface area contributed by atoms with Crippen molar-refractivity contribution in [2.24, 2.45) is 0 Å². The molecule has 0 spiro atoms. The number of rotatable bonds is 5. The van der Waals surface area contributed by atoms with E-state index >= 15 is 0 Å². The molecule has 0 radical (unpaired) electrons. The molecule has 0 saturated carbocycles. The molecule has 0 aromatic heterocycles. The summed E-state index contributed by atoms with van der Waals surface area (Å²) in [5, 5.41) is 3.52. The normalized spacial score (nSPS) is 23.7. The maximum atomic E-state index is 12.7. The number of nitrogens with zero attached hydrogens (tertiary/aromatic N) is 1. The minimum Gasteiger partial charge on any atom is -0.318 e. The fraction of sp³-hybridized carbons (Fsp3) is 0.588. The lowest BCUT2D eigenvalue weighted by atomic mass is 10.0. The van der Waals surface area contributed by atoms with E-state index in [0.717, 1.165) is 12.2 Å². The van der Waals surface area contributed by atoms with Crippen molar-refractivity contribution in [1.82, 2.24) is 10.2 Å². The van der Waals surface area contributed by atoms with Gasteiger partial charge in [-0.25, -0.2) is 0 Å². The quantitative estimate of drug-likeness (QED) is 0.906. The SMILES string of the molecule is CCC1NC(c2ccc(C)cc2C)N(C(C)CSC)C1=O. The van der Waals surface area contributed by atoms with Gasteiger partial charge in [0.2, 0.25) is 5.91 Å². The highest BCUT2D eigenvalue weighted by molar-refractivity contribution is 7.98. The van der Waals surface area contributed by atoms with Crippen molar-refractivity contribution < 1.29 is 4.79 Å². The molecule has 2 rings (SSSR count). The van der Waals surface area contributed by atoms with E-state index in [4.69, 9.17) is 0 Å². The number of hydrogen-bond donors (Lipinski definition) is 1. The van der Waals surface area contributed by atoms with E-state index in [1.54, 1.807) is 11.8 Å². The van der Waals surface area contributed by atoms with Crippen molar-refractivity contribution >= 4 is 17.7 Å². The van der Waals surface area contributed by atoms with E-state index in [2.05, 4.69) is 57.5 Å². The summed E-state index contributed by atoms with van der Waals surface area (Å²) in [6.45, 7) is 8.44. The van der Waals surface area contributed by atoms with Crippen LogP contribution < -0.4 is 5.32 Å². The molecule has 1 aromatic rings. The monoisotopic (exact) mass is 306 g/mol. The van der Waals surface area contributed by atoms with E-state index < -0.39 is 0 Å². The van der Waals surface area contributed by atoms with E-state index in [1.165, 1.54) is 16.7 Å². The van der Waals surface area contributed by atoms with Crippen LogP contribution in [0, 0.1) is 13.8 Å². The Bertz CT molecular complexity index is 518. The molecule has 1 aliphatic heterocycles. The number of thioether (sulfide) groups is 1. The molecule has 1 aliphatic rings. The van der Waals surface area contributed by atoms with E-state index in [-0.39, 0.29) is 24.2 Å². The van der Waals surface area contributed by atoms with Gasteiger partial charge in [0.15, 0.2) is 0 Å². The lowest BCUT2D eigenvalue weighted by molar-refractivity contribution is -0.131. The molecular weight excluding hydrogens is 280 g/mol. The zero-order valence-electron chi connectivity index (χ0n) is 13.6. The Labute approximate surface area is 132 Å². The predicted octanol–water partition coefficient (Wildman–Crippen LogP) is 3.26. The molecule has 1 aromatic carbocycles. The summed E-state index contributed by atoms with van der Waals surface area (Å²) in [7, 11) is 0. The van der Waals surface area contributed by atoms with Crippen molar-refractivity contribution in [2.75, 3.05) is 12.0 Å². The van der Waals surface area contributed by atoms with Crippen molar-refractivity contribution in [3.63, 3.8) is 0 Å². The second-order valence-electron chi connectivity index (χ2n) is 5.94. The smallest absolute Gasteiger partial charge is 0.241 e. The highest BCUT2D eigenvalue weighted by Gasteiger charge is 2.41. The van der Waals surface area contributed by atoms with E-state index in [1.807, 2.05) is 4.90 Å². The minimum absolute atomic E-state index is 0.00481. The summed E-state index contributed by atoms with van der Waals surface area (Å²) in [6.07, 6.45) is 2.93. The lowest BCUT2D eigenvalue weighted by Gasteiger charge is -2.31. The number of hydrogen-bond acceptors (Lipinski definition) is 3. The fourth-order valence-electron chi connectivity index (χ4n) is 3.11. The zero-order chi connectivity index (χ0) is 15.6. The van der Waals surface area contributed by atoms with Crippen molar-refractivity contribution in [2.45, 2.75) is 52.4 Å². The van der Waals surface area contributed by atoms with Gasteiger partial charge in [0, 0.05) is 11.8 Å². The molecule has 1 saturated heterocycles. The molecule has 1 amide bonds. The molecule has 1 N–H and O–H groups in total. The van der Waals surface area contributed by atoms with Crippen LogP contribution in [0.25, 0.3) is 0 Å². The maximum absolute atomic E-state index is 12.7. The third-order valence-corrected chi connectivity index (χ3v) is 5.02. The number of benzene rings is 1. The Morgan fingerprint density at radius 3 is 2.67 bits per heavy atom. The minimum atomic E-state index is -0.0555. The number of aryl methyl sites for hydroxylation is 2. The maximum Gasteiger partial charge on any atom is 0.241 e. The third-order valence-electron chi connectivity index (χ3n) is 4.20. The van der Waals surface area contributed by atoms with E-state index in [0.29, 0.717) is 0 Å². The van der Waals surface area contributed by atoms with Crippen LogP contribution in [0.5, 0.6) is 0 Å². The van der Waals surface area contributed by atoms with Crippen LogP contribution in [-0.4, -0.2) is 34.9 Å². The molecule has 4 heteroatoms. The Morgan fingerprint density at radius 1 is 1.38 bits per heavy atom. The first kappa shape index (κ1) is 16.4. The van der Waals surface area contributed by atoms with Gasteiger partial charge in [-0.2, -0.15) is 11.8 Å². The van der Waals surface area contributed by atoms with Gasteiger partial charge in [0.25, 0.3) is 0 Å². The van der Waals surface area contributed by atoms with E-state index in [9.17, 15) is 4.79 Å². The highest BCUT2D eigenvalue weighted by Crippen LogP contribution is 2.31. The van der Waals surface area contributed by atoms with Gasteiger partial charge in [0.05, 0.1) is 6.04 Å². The molecule has 0 aliphatic carbocycles. The van der Waals surface area contributed by atoms with Gasteiger partial charge in [-0.05, 0) is 44.6 Å². The van der Waals surface area contributed by atoms with Crippen LogP contribution in [0.15, 0.2) is 18.2 Å². The topological polar surface area (TPSA) is 32.3 Å². The molecule has 21 heavy (non-hydrogen) atoms. The number of carbonyl (C=O) groups excluding carboxylic acids is 1. The zero-order valence-corrected chi connectivity index (χ0v) is 14.5. The first-order valence-corrected chi connectivity index (χ1v) is 9.03. The Morgan fingerprint density at radius 2 is 2.10 bits per heavy atom. The average Bonchev–Trinajstić information content (AvgIpc) is 2.75. The van der Waals surface area contributed by atoms with Crippen LogP contribution >= 0.6 is 11.8 Å². The molecule has 116 valence electrons. The van der Waals surface area contributed by atoms with Crippen LogP contribution in [0.4, 0.5) is 0 Å². The van der Waals surface area contributed by atoms with Gasteiger partial charge in [-0.1, -0.05) is 30.7 Å². The van der Waals surface area contributed by atoms with Crippen LogP contribution in [0.3, 0.4) is 0 Å². The number of nitrogens with one attached hydrogen (secondary N) is 1. The summed E-state index contributed by atoms with van der Waals surface area (Å²) >= 11 is 1.79. The molecule has 0 bridgehead atoms. The molecular formula is C17H26N2OS. The number of carbonyl (C=O) groups is 1. The Kier molecular flexibility index (Phi) is 5.33. The molecule has 3 atom stereocenters. The molecule has 1 heterocycles. The first-order chi connectivity index (χ1) is 9.99. The van der Waals surface area contributed by atoms with Crippen LogP contribution in [0.2, 0.25) is 0 Å². The second kappa shape index (κ2) is 6.84. The predicted molar refractivity (Wildman–Crippen MR) is 90.6 cm³/mol. The van der Waals surface area contributed by atoms with Gasteiger partial charge < -0.3 is 4.90 Å². The van der Waals surface area contributed by atoms with Crippen molar-refractivity contribution in [3.05, 3.63) is 34.9 Å². The van der Waals surface area contributed by atoms with Gasteiger partial charge in [-0.15, -0.1) is 0 Å². The lowest BCUT2D eigenvalue weighted by Crippen LogP contribution is -2.40.